The molecule has 1 radical (unpaired) electrons. The molecule has 0 bridgehead atoms. The Balaban J connectivity index is 3.05. The Bertz CT molecular complexity index is 219. The first kappa shape index (κ1) is 4.92. The average Bonchev–Trinajstić information content (AvgIpc) is 2.14. The maximum Gasteiger partial charge on any atom is 0.204 e. The summed E-state index contributed by atoms with van der Waals surface area (Å²) in [6.07, 6.45) is 2.52. The minimum absolute atomic E-state index is 0.322. The van der Waals surface area contributed by atoms with Crippen LogP contribution in [0.2, 0.25) is 0 Å². The summed E-state index contributed by atoms with van der Waals surface area (Å²) in [7, 11) is 0. The quantitative estimate of drug-likeness (QED) is 0.499. The van der Waals surface area contributed by atoms with Crippen molar-refractivity contribution >= 4 is 0 Å². The summed E-state index contributed by atoms with van der Waals surface area (Å²) in [6, 6.07) is 3.49. The molecule has 2 nitrogen and oxygen atoms in total. The highest BCUT2D eigenvalue weighted by Gasteiger charge is 1.92. The molecular formula is C6H4NO. The van der Waals surface area contributed by atoms with Crippen molar-refractivity contribution in [3.05, 3.63) is 23.7 Å². The lowest BCUT2D eigenvalue weighted by molar-refractivity contribution is 0.542. The number of rotatable bonds is 0. The van der Waals surface area contributed by atoms with E-state index in [0.29, 0.717) is 5.76 Å². The predicted molar refractivity (Wildman–Crippen MR) is 27.0 cm³/mol. The van der Waals surface area contributed by atoms with E-state index in [1.165, 1.54) is 0 Å². The van der Waals surface area contributed by atoms with Crippen LogP contribution in [0.15, 0.2) is 10.5 Å². The van der Waals surface area contributed by atoms with Crippen molar-refractivity contribution in [1.82, 2.24) is 0 Å². The summed E-state index contributed by atoms with van der Waals surface area (Å²) >= 11 is 0. The van der Waals surface area contributed by atoms with Crippen LogP contribution in [0.3, 0.4) is 0 Å². The number of hydrogen-bond donors (Lipinski definition) is 0. The van der Waals surface area contributed by atoms with Crippen LogP contribution >= 0.6 is 0 Å². The van der Waals surface area contributed by atoms with Crippen molar-refractivity contribution in [3.63, 3.8) is 0 Å². The van der Waals surface area contributed by atoms with Crippen LogP contribution in [-0.4, -0.2) is 0 Å². The Hall–Kier alpha value is -1.23. The molecule has 39 valence electrons. The molecule has 0 spiro atoms. The van der Waals surface area contributed by atoms with E-state index in [1.807, 2.05) is 13.0 Å². The molecule has 0 fully saturated rings. The molecular weight excluding hydrogens is 102 g/mol. The normalized spacial score (nSPS) is 8.50. The van der Waals surface area contributed by atoms with E-state index in [2.05, 4.69) is 10.7 Å². The van der Waals surface area contributed by atoms with Crippen LogP contribution < -0.4 is 0 Å². The molecule has 8 heavy (non-hydrogen) atoms. The molecule has 0 saturated carbocycles. The van der Waals surface area contributed by atoms with E-state index in [4.69, 9.17) is 5.26 Å². The highest BCUT2D eigenvalue weighted by molar-refractivity contribution is 5.20. The van der Waals surface area contributed by atoms with Gasteiger partial charge in [0, 0.05) is 5.56 Å². The molecule has 0 saturated heterocycles. The first-order valence-electron chi connectivity index (χ1n) is 2.21. The zero-order valence-corrected chi connectivity index (χ0v) is 4.43. The van der Waals surface area contributed by atoms with Crippen molar-refractivity contribution in [2.75, 3.05) is 0 Å². The second-order valence-corrected chi connectivity index (χ2v) is 1.51. The molecule has 0 aromatic carbocycles. The van der Waals surface area contributed by atoms with Gasteiger partial charge in [0.25, 0.3) is 0 Å². The molecule has 0 N–H and O–H groups in total. The number of hydrogen-bond acceptors (Lipinski definition) is 2. The lowest BCUT2D eigenvalue weighted by Crippen LogP contribution is -1.57. The van der Waals surface area contributed by atoms with Gasteiger partial charge in [-0.05, 0) is 13.0 Å². The van der Waals surface area contributed by atoms with Crippen molar-refractivity contribution in [1.29, 1.82) is 5.26 Å². The molecule has 1 rings (SSSR count). The highest BCUT2D eigenvalue weighted by atomic mass is 16.3. The minimum atomic E-state index is 0.322. The zero-order valence-electron chi connectivity index (χ0n) is 4.43. The Kier molecular flexibility index (Phi) is 1.05. The zero-order chi connectivity index (χ0) is 5.98. The predicted octanol–water partition coefficient (Wildman–Crippen LogP) is 1.26. The maximum absolute atomic E-state index is 8.19. The average molecular weight is 106 g/mol. The first-order valence-corrected chi connectivity index (χ1v) is 2.21. The van der Waals surface area contributed by atoms with Crippen LogP contribution in [-0.2, 0) is 0 Å². The molecule has 0 aliphatic carbocycles. The Labute approximate surface area is 47.3 Å². The Morgan fingerprint density at radius 2 is 2.62 bits per heavy atom. The molecule has 1 aromatic rings. The van der Waals surface area contributed by atoms with Crippen molar-refractivity contribution in [2.45, 2.75) is 6.92 Å². The highest BCUT2D eigenvalue weighted by Crippen LogP contribution is 2.01. The third-order valence-electron chi connectivity index (χ3n) is 0.780. The minimum Gasteiger partial charge on any atom is -0.442 e. The van der Waals surface area contributed by atoms with Crippen LogP contribution in [0.25, 0.3) is 0 Å². The van der Waals surface area contributed by atoms with Gasteiger partial charge in [0.2, 0.25) is 5.76 Å². The van der Waals surface area contributed by atoms with Gasteiger partial charge in [-0.3, -0.25) is 0 Å². The Morgan fingerprint density at radius 1 is 1.88 bits per heavy atom. The topological polar surface area (TPSA) is 36.9 Å². The van der Waals surface area contributed by atoms with E-state index >= 15 is 0 Å². The summed E-state index contributed by atoms with van der Waals surface area (Å²) in [5.41, 5.74) is 0.863. The van der Waals surface area contributed by atoms with Crippen LogP contribution in [0, 0.1) is 24.5 Å². The first-order chi connectivity index (χ1) is 3.83. The number of aryl methyl sites for hydroxylation is 1. The molecule has 0 amide bonds. The van der Waals surface area contributed by atoms with Gasteiger partial charge in [0.15, 0.2) is 6.26 Å². The molecule has 1 heterocycles. The molecule has 2 heteroatoms. The third kappa shape index (κ3) is 0.710. The SMILES string of the molecule is Cc1[c]oc(C#N)c1. The maximum atomic E-state index is 8.19. The molecule has 0 aliphatic heterocycles. The van der Waals surface area contributed by atoms with E-state index in [0.717, 1.165) is 5.56 Å². The van der Waals surface area contributed by atoms with Crippen LogP contribution in [0.4, 0.5) is 0 Å². The van der Waals surface area contributed by atoms with E-state index in [1.54, 1.807) is 6.07 Å². The van der Waals surface area contributed by atoms with Gasteiger partial charge in [-0.25, -0.2) is 0 Å². The second kappa shape index (κ2) is 1.71. The van der Waals surface area contributed by atoms with Crippen LogP contribution in [0.5, 0.6) is 0 Å². The summed E-state index contributed by atoms with van der Waals surface area (Å²) in [5.74, 6) is 0.322. The lowest BCUT2D eigenvalue weighted by Gasteiger charge is -1.65. The molecule has 0 aliphatic rings. The fourth-order valence-electron chi connectivity index (χ4n) is 0.446. The van der Waals surface area contributed by atoms with Crippen molar-refractivity contribution in [3.8, 4) is 6.07 Å². The van der Waals surface area contributed by atoms with E-state index in [9.17, 15) is 0 Å². The summed E-state index contributed by atoms with van der Waals surface area (Å²) < 4.78 is 4.63. The van der Waals surface area contributed by atoms with E-state index < -0.39 is 0 Å². The largest absolute Gasteiger partial charge is 0.442 e. The molecule has 0 unspecified atom stereocenters. The summed E-state index contributed by atoms with van der Waals surface area (Å²) in [4.78, 5) is 0. The Morgan fingerprint density at radius 3 is 2.88 bits per heavy atom. The van der Waals surface area contributed by atoms with Gasteiger partial charge < -0.3 is 4.42 Å². The van der Waals surface area contributed by atoms with Gasteiger partial charge in [-0.2, -0.15) is 5.26 Å². The second-order valence-electron chi connectivity index (χ2n) is 1.51. The lowest BCUT2D eigenvalue weighted by atomic mass is 10.3. The molecule has 0 atom stereocenters. The van der Waals surface area contributed by atoms with Gasteiger partial charge in [0.1, 0.15) is 6.07 Å². The third-order valence-corrected chi connectivity index (χ3v) is 0.780. The fraction of sp³-hybridized carbons (Fsp3) is 0.167. The van der Waals surface area contributed by atoms with Gasteiger partial charge >= 0.3 is 0 Å². The van der Waals surface area contributed by atoms with Gasteiger partial charge in [0.05, 0.1) is 0 Å². The monoisotopic (exact) mass is 106 g/mol. The standard InChI is InChI=1S/C6H4NO/c1-5-2-6(3-7)8-4-5/h2H,1H3. The number of nitrogens with zero attached hydrogens (tertiary/aromatic N) is 1. The fourth-order valence-corrected chi connectivity index (χ4v) is 0.446. The van der Waals surface area contributed by atoms with E-state index in [-0.39, 0.29) is 0 Å². The van der Waals surface area contributed by atoms with Crippen molar-refractivity contribution in [2.24, 2.45) is 0 Å². The molecule has 1 aromatic heterocycles. The van der Waals surface area contributed by atoms with Crippen LogP contribution in [0.1, 0.15) is 11.3 Å². The number of furan rings is 1. The number of nitriles is 1. The smallest absolute Gasteiger partial charge is 0.204 e. The summed E-state index contributed by atoms with van der Waals surface area (Å²) in [6.45, 7) is 1.82. The van der Waals surface area contributed by atoms with Gasteiger partial charge in [-0.15, -0.1) is 0 Å². The summed E-state index contributed by atoms with van der Waals surface area (Å²) in [5, 5.41) is 8.19. The van der Waals surface area contributed by atoms with Gasteiger partial charge in [-0.1, -0.05) is 0 Å². The van der Waals surface area contributed by atoms with Crippen molar-refractivity contribution < 1.29 is 4.42 Å².